The average molecular weight is 371 g/mol. The van der Waals surface area contributed by atoms with Crippen LogP contribution < -0.4 is 16.0 Å². The molecule has 0 atom stereocenters. The molecule has 6 heteroatoms. The molecule has 1 aromatic heterocycles. The number of aromatic nitrogens is 2. The van der Waals surface area contributed by atoms with Gasteiger partial charge in [0.15, 0.2) is 0 Å². The Morgan fingerprint density at radius 3 is 2.41 bits per heavy atom. The van der Waals surface area contributed by atoms with Gasteiger partial charge in [-0.3, -0.25) is 0 Å². The number of nitrogens with one attached hydrogen (secondary N) is 1. The number of anilines is 2. The Kier molecular flexibility index (Phi) is 6.85. The fraction of sp³-hybridized carbons (Fsp3) is 0.619. The van der Waals surface area contributed by atoms with Gasteiger partial charge in [0, 0.05) is 32.1 Å². The maximum absolute atomic E-state index is 5.81. The molecule has 0 radical (unpaired) electrons. The molecule has 6 nitrogen and oxygen atoms in total. The molecule has 0 saturated heterocycles. The number of hydrogen-bond acceptors (Lipinski definition) is 6. The first-order valence-electron chi connectivity index (χ1n) is 10.1. The lowest BCUT2D eigenvalue weighted by molar-refractivity contribution is 0.289. The molecule has 0 bridgehead atoms. The van der Waals surface area contributed by atoms with Crippen LogP contribution in [0.4, 0.5) is 11.8 Å². The molecular formula is C21H34N6. The molecule has 1 aliphatic rings. The Labute approximate surface area is 163 Å². The molecule has 27 heavy (non-hydrogen) atoms. The van der Waals surface area contributed by atoms with Crippen LogP contribution in [0.3, 0.4) is 0 Å². The van der Waals surface area contributed by atoms with Crippen LogP contribution >= 0.6 is 0 Å². The summed E-state index contributed by atoms with van der Waals surface area (Å²) < 4.78 is 0. The lowest BCUT2D eigenvalue weighted by atomic mass is 9.82. The van der Waals surface area contributed by atoms with E-state index in [4.69, 9.17) is 15.7 Å². The third-order valence-electron chi connectivity index (χ3n) is 5.68. The minimum atomic E-state index is 0.692. The molecule has 1 saturated carbocycles. The van der Waals surface area contributed by atoms with Gasteiger partial charge in [-0.15, -0.1) is 0 Å². The van der Waals surface area contributed by atoms with Crippen LogP contribution in [0.5, 0.6) is 0 Å². The molecule has 2 aromatic rings. The van der Waals surface area contributed by atoms with Gasteiger partial charge >= 0.3 is 0 Å². The van der Waals surface area contributed by atoms with Gasteiger partial charge in [0.2, 0.25) is 5.95 Å². The summed E-state index contributed by atoms with van der Waals surface area (Å²) in [4.78, 5) is 14.0. The normalized spacial score (nSPS) is 20.2. The van der Waals surface area contributed by atoms with Gasteiger partial charge < -0.3 is 20.9 Å². The van der Waals surface area contributed by atoms with E-state index in [1.54, 1.807) is 0 Å². The third kappa shape index (κ3) is 5.30. The molecule has 1 aromatic carbocycles. The monoisotopic (exact) mass is 370 g/mol. The maximum atomic E-state index is 5.81. The lowest BCUT2D eigenvalue weighted by Crippen LogP contribution is -2.29. The number of hydrogen-bond donors (Lipinski definition) is 2. The molecule has 1 aliphatic carbocycles. The highest BCUT2D eigenvalue weighted by molar-refractivity contribution is 5.90. The van der Waals surface area contributed by atoms with Gasteiger partial charge in [-0.25, -0.2) is 4.98 Å². The van der Waals surface area contributed by atoms with E-state index in [0.717, 1.165) is 54.8 Å². The Hall–Kier alpha value is -1.92. The fourth-order valence-electron chi connectivity index (χ4n) is 3.79. The summed E-state index contributed by atoms with van der Waals surface area (Å²) in [6.45, 7) is 3.69. The predicted octanol–water partition coefficient (Wildman–Crippen LogP) is 2.80. The fourth-order valence-corrected chi connectivity index (χ4v) is 3.79. The van der Waals surface area contributed by atoms with Gasteiger partial charge in [0.25, 0.3) is 0 Å². The molecule has 0 spiro atoms. The number of benzene rings is 1. The first kappa shape index (κ1) is 19.8. The Balaban J connectivity index is 1.72. The topological polar surface area (TPSA) is 70.3 Å². The number of likely N-dealkylation sites (N-methyl/N-ethyl adjacent to an activating group) is 2. The van der Waals surface area contributed by atoms with Crippen molar-refractivity contribution in [2.24, 2.45) is 17.6 Å². The largest absolute Gasteiger partial charge is 0.358 e. The smallest absolute Gasteiger partial charge is 0.225 e. The minimum Gasteiger partial charge on any atom is -0.358 e. The van der Waals surface area contributed by atoms with Crippen molar-refractivity contribution in [2.45, 2.75) is 25.7 Å². The van der Waals surface area contributed by atoms with Crippen molar-refractivity contribution in [1.82, 2.24) is 14.9 Å². The van der Waals surface area contributed by atoms with Crippen molar-refractivity contribution in [3.8, 4) is 0 Å². The van der Waals surface area contributed by atoms with E-state index < -0.39 is 0 Å². The molecule has 1 heterocycles. The number of nitrogens with zero attached hydrogens (tertiary/aromatic N) is 4. The van der Waals surface area contributed by atoms with Crippen LogP contribution in [0.1, 0.15) is 25.7 Å². The highest BCUT2D eigenvalue weighted by atomic mass is 15.2. The molecule has 1 fully saturated rings. The number of rotatable bonds is 8. The zero-order valence-electron chi connectivity index (χ0n) is 17.0. The summed E-state index contributed by atoms with van der Waals surface area (Å²) in [7, 11) is 6.30. The quantitative estimate of drug-likeness (QED) is 0.745. The van der Waals surface area contributed by atoms with Crippen molar-refractivity contribution in [3.63, 3.8) is 0 Å². The van der Waals surface area contributed by atoms with Crippen LogP contribution in [-0.4, -0.2) is 62.2 Å². The van der Waals surface area contributed by atoms with Crippen LogP contribution in [0.2, 0.25) is 0 Å². The molecule has 3 N–H and O–H groups in total. The maximum Gasteiger partial charge on any atom is 0.225 e. The van der Waals surface area contributed by atoms with E-state index in [9.17, 15) is 0 Å². The molecule has 0 aliphatic heterocycles. The summed E-state index contributed by atoms with van der Waals surface area (Å²) in [5.74, 6) is 3.14. The van der Waals surface area contributed by atoms with Gasteiger partial charge in [-0.1, -0.05) is 12.1 Å². The van der Waals surface area contributed by atoms with Crippen molar-refractivity contribution in [1.29, 1.82) is 0 Å². The second-order valence-corrected chi connectivity index (χ2v) is 8.12. The Bertz CT molecular complexity index is 724. The van der Waals surface area contributed by atoms with Crippen LogP contribution in [0.15, 0.2) is 24.3 Å². The highest BCUT2D eigenvalue weighted by Gasteiger charge is 2.20. The molecule has 0 amide bonds. The zero-order chi connectivity index (χ0) is 19.2. The summed E-state index contributed by atoms with van der Waals surface area (Å²) in [6.07, 6.45) is 5.00. The predicted molar refractivity (Wildman–Crippen MR) is 114 cm³/mol. The van der Waals surface area contributed by atoms with Crippen molar-refractivity contribution in [3.05, 3.63) is 24.3 Å². The van der Waals surface area contributed by atoms with Crippen LogP contribution in [0.25, 0.3) is 10.9 Å². The second kappa shape index (κ2) is 9.33. The summed E-state index contributed by atoms with van der Waals surface area (Å²) in [5, 5.41) is 4.61. The Morgan fingerprint density at radius 2 is 1.70 bits per heavy atom. The van der Waals surface area contributed by atoms with Gasteiger partial charge in [0.05, 0.1) is 5.52 Å². The van der Waals surface area contributed by atoms with Crippen LogP contribution in [-0.2, 0) is 0 Å². The lowest BCUT2D eigenvalue weighted by Gasteiger charge is -2.28. The average Bonchev–Trinajstić information content (AvgIpc) is 2.70. The van der Waals surface area contributed by atoms with E-state index in [-0.39, 0.29) is 0 Å². The van der Waals surface area contributed by atoms with E-state index in [1.165, 1.54) is 25.7 Å². The number of fused-ring (bicyclic) bond motifs is 1. The van der Waals surface area contributed by atoms with Gasteiger partial charge in [-0.05, 0) is 70.3 Å². The van der Waals surface area contributed by atoms with Gasteiger partial charge in [-0.2, -0.15) is 4.98 Å². The number of nitrogens with two attached hydrogens (primary N) is 1. The van der Waals surface area contributed by atoms with Crippen molar-refractivity contribution >= 4 is 22.7 Å². The molecular weight excluding hydrogens is 336 g/mol. The van der Waals surface area contributed by atoms with Crippen molar-refractivity contribution in [2.75, 3.05) is 57.5 Å². The molecule has 148 valence electrons. The first-order chi connectivity index (χ1) is 13.1. The van der Waals surface area contributed by atoms with E-state index in [0.29, 0.717) is 5.92 Å². The van der Waals surface area contributed by atoms with Crippen LogP contribution in [0, 0.1) is 11.8 Å². The van der Waals surface area contributed by atoms with Crippen molar-refractivity contribution < 1.29 is 0 Å². The summed E-state index contributed by atoms with van der Waals surface area (Å²) in [5.41, 5.74) is 6.81. The summed E-state index contributed by atoms with van der Waals surface area (Å²) in [6, 6.07) is 8.27. The van der Waals surface area contributed by atoms with E-state index in [2.05, 4.69) is 54.5 Å². The SMILES string of the molecule is CN(C)CCN(C)c1nc(NC[C@H]2CC[C@H](CN)CC2)nc2ccccc12. The first-order valence-corrected chi connectivity index (χ1v) is 10.1. The molecule has 3 rings (SSSR count). The standard InChI is InChI=1S/C21H34N6/c1-26(2)12-13-27(3)20-18-6-4-5-7-19(18)24-21(25-20)23-15-17-10-8-16(14-22)9-11-17/h4-7,16-17H,8-15,22H2,1-3H3,(H,23,24,25)/t16-,17-. The Morgan fingerprint density at radius 1 is 1.00 bits per heavy atom. The summed E-state index contributed by atoms with van der Waals surface area (Å²) >= 11 is 0. The number of para-hydroxylation sites is 1. The molecule has 0 unspecified atom stereocenters. The minimum absolute atomic E-state index is 0.692. The van der Waals surface area contributed by atoms with Gasteiger partial charge in [0.1, 0.15) is 5.82 Å². The zero-order valence-corrected chi connectivity index (χ0v) is 17.0. The second-order valence-electron chi connectivity index (χ2n) is 8.12. The van der Waals surface area contributed by atoms with E-state index in [1.807, 2.05) is 6.07 Å². The third-order valence-corrected chi connectivity index (χ3v) is 5.68. The van der Waals surface area contributed by atoms with E-state index >= 15 is 0 Å². The highest BCUT2D eigenvalue weighted by Crippen LogP contribution is 2.29.